The van der Waals surface area contributed by atoms with E-state index in [0.717, 1.165) is 5.92 Å². The molecule has 0 heterocycles. The number of rotatable bonds is 3. The van der Waals surface area contributed by atoms with Crippen LogP contribution in [0, 0.1) is 17.8 Å². The molecule has 4 heteroatoms. The third-order valence-electron chi connectivity index (χ3n) is 5.39. The molecular formula is C15H26F3N. The average molecular weight is 277 g/mol. The minimum Gasteiger partial charge on any atom is -0.311 e. The Morgan fingerprint density at radius 2 is 1.63 bits per heavy atom. The van der Waals surface area contributed by atoms with Crippen molar-refractivity contribution in [3.05, 3.63) is 0 Å². The lowest BCUT2D eigenvalue weighted by Crippen LogP contribution is -2.43. The van der Waals surface area contributed by atoms with Gasteiger partial charge in [0.1, 0.15) is 0 Å². The molecule has 2 fully saturated rings. The summed E-state index contributed by atoms with van der Waals surface area (Å²) in [5, 5.41) is 3.64. The number of alkyl halides is 3. The Balaban J connectivity index is 1.77. The van der Waals surface area contributed by atoms with Crippen LogP contribution in [0.15, 0.2) is 0 Å². The van der Waals surface area contributed by atoms with Gasteiger partial charge < -0.3 is 5.32 Å². The van der Waals surface area contributed by atoms with Crippen molar-refractivity contribution in [3.8, 4) is 0 Å². The molecule has 0 amide bonds. The Kier molecular flexibility index (Phi) is 4.80. The predicted octanol–water partition coefficient (Wildman–Crippen LogP) is 4.52. The van der Waals surface area contributed by atoms with Gasteiger partial charge in [0.15, 0.2) is 0 Å². The van der Waals surface area contributed by atoms with E-state index in [0.29, 0.717) is 43.7 Å². The molecule has 0 spiro atoms. The first kappa shape index (κ1) is 15.1. The third-order valence-corrected chi connectivity index (χ3v) is 5.39. The Morgan fingerprint density at radius 1 is 1.00 bits per heavy atom. The van der Waals surface area contributed by atoms with Crippen molar-refractivity contribution in [1.29, 1.82) is 0 Å². The van der Waals surface area contributed by atoms with Crippen LogP contribution in [0.1, 0.15) is 58.8 Å². The van der Waals surface area contributed by atoms with Crippen LogP contribution in [-0.2, 0) is 0 Å². The SMILES string of the molecule is CCC1CCC(NC2CCC(C(F)(F)F)CC2)C1C. The highest BCUT2D eigenvalue weighted by Crippen LogP contribution is 2.39. The van der Waals surface area contributed by atoms with Crippen LogP contribution in [0.4, 0.5) is 13.2 Å². The van der Waals surface area contributed by atoms with Gasteiger partial charge in [-0.05, 0) is 50.4 Å². The van der Waals surface area contributed by atoms with Crippen molar-refractivity contribution in [2.75, 3.05) is 0 Å². The summed E-state index contributed by atoms with van der Waals surface area (Å²) in [6, 6.07) is 0.832. The third kappa shape index (κ3) is 3.65. The van der Waals surface area contributed by atoms with Crippen molar-refractivity contribution in [1.82, 2.24) is 5.32 Å². The number of hydrogen-bond donors (Lipinski definition) is 1. The van der Waals surface area contributed by atoms with E-state index in [1.54, 1.807) is 0 Å². The molecule has 0 aliphatic heterocycles. The summed E-state index contributed by atoms with van der Waals surface area (Å²) in [5.74, 6) is 0.407. The summed E-state index contributed by atoms with van der Waals surface area (Å²) >= 11 is 0. The minimum absolute atomic E-state index is 0.305. The largest absolute Gasteiger partial charge is 0.391 e. The van der Waals surface area contributed by atoms with Gasteiger partial charge in [0.2, 0.25) is 0 Å². The van der Waals surface area contributed by atoms with Gasteiger partial charge in [0.05, 0.1) is 5.92 Å². The molecule has 0 aromatic rings. The first-order valence-electron chi connectivity index (χ1n) is 7.74. The van der Waals surface area contributed by atoms with Crippen LogP contribution in [0.2, 0.25) is 0 Å². The van der Waals surface area contributed by atoms with Crippen LogP contribution in [0.3, 0.4) is 0 Å². The molecular weight excluding hydrogens is 251 g/mol. The zero-order chi connectivity index (χ0) is 14.0. The van der Waals surface area contributed by atoms with Crippen molar-refractivity contribution in [3.63, 3.8) is 0 Å². The van der Waals surface area contributed by atoms with Gasteiger partial charge in [0.25, 0.3) is 0 Å². The predicted molar refractivity (Wildman–Crippen MR) is 70.9 cm³/mol. The van der Waals surface area contributed by atoms with E-state index in [2.05, 4.69) is 19.2 Å². The molecule has 2 aliphatic rings. The molecule has 3 atom stereocenters. The molecule has 2 saturated carbocycles. The maximum atomic E-state index is 12.6. The maximum absolute atomic E-state index is 12.6. The highest BCUT2D eigenvalue weighted by atomic mass is 19.4. The van der Waals surface area contributed by atoms with Gasteiger partial charge in [-0.25, -0.2) is 0 Å². The first-order valence-corrected chi connectivity index (χ1v) is 7.74. The van der Waals surface area contributed by atoms with E-state index in [4.69, 9.17) is 0 Å². The lowest BCUT2D eigenvalue weighted by Gasteiger charge is -2.33. The Morgan fingerprint density at radius 3 is 2.11 bits per heavy atom. The second-order valence-corrected chi connectivity index (χ2v) is 6.47. The topological polar surface area (TPSA) is 12.0 Å². The molecule has 2 aliphatic carbocycles. The molecule has 1 N–H and O–H groups in total. The van der Waals surface area contributed by atoms with Gasteiger partial charge in [-0.1, -0.05) is 20.3 Å². The number of nitrogens with one attached hydrogen (secondary N) is 1. The van der Waals surface area contributed by atoms with Gasteiger partial charge >= 0.3 is 6.18 Å². The van der Waals surface area contributed by atoms with E-state index < -0.39 is 12.1 Å². The Hall–Kier alpha value is -0.250. The monoisotopic (exact) mass is 277 g/mol. The van der Waals surface area contributed by atoms with Crippen LogP contribution in [0.5, 0.6) is 0 Å². The molecule has 0 aromatic carbocycles. The lowest BCUT2D eigenvalue weighted by atomic mass is 9.84. The molecule has 19 heavy (non-hydrogen) atoms. The van der Waals surface area contributed by atoms with Gasteiger partial charge in [0, 0.05) is 12.1 Å². The zero-order valence-corrected chi connectivity index (χ0v) is 12.0. The molecule has 0 radical (unpaired) electrons. The summed E-state index contributed by atoms with van der Waals surface area (Å²) in [5.41, 5.74) is 0. The van der Waals surface area contributed by atoms with Gasteiger partial charge in [-0.2, -0.15) is 13.2 Å². The Labute approximate surface area is 114 Å². The van der Waals surface area contributed by atoms with E-state index in [1.165, 1.54) is 19.3 Å². The summed E-state index contributed by atoms with van der Waals surface area (Å²) < 4.78 is 37.8. The number of hydrogen-bond acceptors (Lipinski definition) is 1. The second-order valence-electron chi connectivity index (χ2n) is 6.47. The van der Waals surface area contributed by atoms with Crippen molar-refractivity contribution in [2.24, 2.45) is 17.8 Å². The van der Waals surface area contributed by atoms with Crippen LogP contribution in [0.25, 0.3) is 0 Å². The second kappa shape index (κ2) is 6.02. The summed E-state index contributed by atoms with van der Waals surface area (Å²) in [6.45, 7) is 4.53. The summed E-state index contributed by atoms with van der Waals surface area (Å²) in [6.07, 6.45) is 1.68. The fourth-order valence-corrected chi connectivity index (χ4v) is 3.95. The van der Waals surface area contributed by atoms with E-state index in [9.17, 15) is 13.2 Å². The van der Waals surface area contributed by atoms with E-state index >= 15 is 0 Å². The van der Waals surface area contributed by atoms with Crippen LogP contribution >= 0.6 is 0 Å². The smallest absolute Gasteiger partial charge is 0.311 e. The van der Waals surface area contributed by atoms with Crippen molar-refractivity contribution >= 4 is 0 Å². The molecule has 0 saturated heterocycles. The number of halogens is 3. The highest BCUT2D eigenvalue weighted by Gasteiger charge is 2.42. The molecule has 1 nitrogen and oxygen atoms in total. The van der Waals surface area contributed by atoms with Crippen LogP contribution < -0.4 is 5.32 Å². The molecule has 2 rings (SSSR count). The standard InChI is InChI=1S/C15H26F3N/c1-3-11-4-9-14(10(11)2)19-13-7-5-12(6-8-13)15(16,17)18/h10-14,19H,3-9H2,1-2H3. The van der Waals surface area contributed by atoms with Crippen molar-refractivity contribution in [2.45, 2.75) is 77.1 Å². The van der Waals surface area contributed by atoms with E-state index in [1.807, 2.05) is 0 Å². The van der Waals surface area contributed by atoms with Crippen LogP contribution in [-0.4, -0.2) is 18.3 Å². The van der Waals surface area contributed by atoms with Gasteiger partial charge in [-0.3, -0.25) is 0 Å². The average Bonchev–Trinajstić information content (AvgIpc) is 2.70. The molecule has 3 unspecified atom stereocenters. The molecule has 0 bridgehead atoms. The van der Waals surface area contributed by atoms with Gasteiger partial charge in [-0.15, -0.1) is 0 Å². The quantitative estimate of drug-likeness (QED) is 0.799. The normalized spacial score (nSPS) is 40.6. The zero-order valence-electron chi connectivity index (χ0n) is 12.0. The highest BCUT2D eigenvalue weighted by molar-refractivity contribution is 4.90. The lowest BCUT2D eigenvalue weighted by molar-refractivity contribution is -0.182. The van der Waals surface area contributed by atoms with Crippen molar-refractivity contribution < 1.29 is 13.2 Å². The fraction of sp³-hybridized carbons (Fsp3) is 1.00. The summed E-state index contributed by atoms with van der Waals surface area (Å²) in [4.78, 5) is 0. The Bertz CT molecular complexity index is 282. The molecule has 0 aromatic heterocycles. The fourth-order valence-electron chi connectivity index (χ4n) is 3.95. The maximum Gasteiger partial charge on any atom is 0.391 e. The van der Waals surface area contributed by atoms with E-state index in [-0.39, 0.29) is 0 Å². The molecule has 112 valence electrons. The first-order chi connectivity index (χ1) is 8.91. The summed E-state index contributed by atoms with van der Waals surface area (Å²) in [7, 11) is 0. The minimum atomic E-state index is -3.99.